The number of ether oxygens (including phenoxy) is 1. The van der Waals surface area contributed by atoms with Crippen LogP contribution in [0.25, 0.3) is 0 Å². The lowest BCUT2D eigenvalue weighted by molar-refractivity contribution is 0.0661. The van der Waals surface area contributed by atoms with Gasteiger partial charge >= 0.3 is 6.03 Å². The minimum Gasteiger partial charge on any atom is -0.381 e. The van der Waals surface area contributed by atoms with Gasteiger partial charge in [-0.05, 0) is 39.3 Å². The van der Waals surface area contributed by atoms with Crippen molar-refractivity contribution in [1.82, 2.24) is 15.1 Å². The number of carbonyl (C=O) groups excluding carboxylic acids is 1. The Morgan fingerprint density at radius 2 is 1.87 bits per heavy atom. The number of hydrogen-bond acceptors (Lipinski definition) is 5. The van der Waals surface area contributed by atoms with Gasteiger partial charge in [-0.15, -0.1) is 0 Å². The van der Waals surface area contributed by atoms with E-state index in [9.17, 15) is 13.2 Å². The molecule has 134 valence electrons. The molecule has 7 nitrogen and oxygen atoms in total. The van der Waals surface area contributed by atoms with Gasteiger partial charge in [-0.2, -0.15) is 0 Å². The first-order chi connectivity index (χ1) is 10.9. The molecule has 23 heavy (non-hydrogen) atoms. The maximum atomic E-state index is 12.6. The largest absolute Gasteiger partial charge is 0.381 e. The molecule has 0 spiro atoms. The van der Waals surface area contributed by atoms with Crippen molar-refractivity contribution in [2.75, 3.05) is 58.4 Å². The van der Waals surface area contributed by atoms with Crippen LogP contribution in [0.15, 0.2) is 0 Å². The van der Waals surface area contributed by atoms with E-state index in [0.29, 0.717) is 25.4 Å². The van der Waals surface area contributed by atoms with E-state index in [2.05, 4.69) is 5.32 Å². The van der Waals surface area contributed by atoms with Crippen molar-refractivity contribution in [2.45, 2.75) is 25.3 Å². The summed E-state index contributed by atoms with van der Waals surface area (Å²) in [4.78, 5) is 16.3. The third-order valence-corrected chi connectivity index (χ3v) is 6.33. The highest BCUT2D eigenvalue weighted by molar-refractivity contribution is 7.91. The Kier molecular flexibility index (Phi) is 6.67. The monoisotopic (exact) mass is 347 g/mol. The maximum absolute atomic E-state index is 12.6. The van der Waals surface area contributed by atoms with E-state index in [1.807, 2.05) is 19.0 Å². The molecule has 0 aliphatic carbocycles. The Morgan fingerprint density at radius 3 is 2.43 bits per heavy atom. The zero-order chi connectivity index (χ0) is 16.9. The highest BCUT2D eigenvalue weighted by Crippen LogP contribution is 2.18. The van der Waals surface area contributed by atoms with E-state index in [-0.39, 0.29) is 23.6 Å². The molecule has 0 aromatic rings. The van der Waals surface area contributed by atoms with Crippen LogP contribution in [0.3, 0.4) is 0 Å². The van der Waals surface area contributed by atoms with Crippen molar-refractivity contribution in [3.8, 4) is 0 Å². The van der Waals surface area contributed by atoms with Gasteiger partial charge in [0, 0.05) is 38.9 Å². The molecule has 8 heteroatoms. The van der Waals surface area contributed by atoms with E-state index in [0.717, 1.165) is 32.6 Å². The molecule has 2 saturated heterocycles. The van der Waals surface area contributed by atoms with E-state index in [1.165, 1.54) is 0 Å². The highest BCUT2D eigenvalue weighted by Gasteiger charge is 2.34. The van der Waals surface area contributed by atoms with E-state index >= 15 is 0 Å². The SMILES string of the molecule is CN(C)CCN(C(=O)NCC1CCOCC1)C1CCS(=O)(=O)C1. The van der Waals surface area contributed by atoms with Gasteiger partial charge in [0.1, 0.15) is 0 Å². The summed E-state index contributed by atoms with van der Waals surface area (Å²) < 4.78 is 28.8. The zero-order valence-corrected chi connectivity index (χ0v) is 15.0. The van der Waals surface area contributed by atoms with Crippen LogP contribution in [-0.4, -0.2) is 88.7 Å². The van der Waals surface area contributed by atoms with Crippen molar-refractivity contribution in [3.63, 3.8) is 0 Å². The van der Waals surface area contributed by atoms with Gasteiger partial charge in [0.2, 0.25) is 0 Å². The van der Waals surface area contributed by atoms with Crippen molar-refractivity contribution in [1.29, 1.82) is 0 Å². The fourth-order valence-electron chi connectivity index (χ4n) is 3.06. The predicted octanol–water partition coefficient (Wildman–Crippen LogP) is 0.173. The molecule has 2 aliphatic heterocycles. The summed E-state index contributed by atoms with van der Waals surface area (Å²) in [5, 5.41) is 3.00. The lowest BCUT2D eigenvalue weighted by Gasteiger charge is -2.31. The molecule has 0 radical (unpaired) electrons. The van der Waals surface area contributed by atoms with Gasteiger partial charge in [0.15, 0.2) is 9.84 Å². The molecule has 2 fully saturated rings. The minimum absolute atomic E-state index is 0.0884. The second-order valence-electron chi connectivity index (χ2n) is 6.80. The van der Waals surface area contributed by atoms with Crippen LogP contribution >= 0.6 is 0 Å². The maximum Gasteiger partial charge on any atom is 0.317 e. The lowest BCUT2D eigenvalue weighted by Crippen LogP contribution is -2.50. The first-order valence-corrected chi connectivity index (χ1v) is 10.2. The molecule has 1 atom stereocenters. The number of nitrogens with one attached hydrogen (secondary N) is 1. The van der Waals surface area contributed by atoms with Crippen molar-refractivity contribution < 1.29 is 17.9 Å². The molecular weight excluding hydrogens is 318 g/mol. The Morgan fingerprint density at radius 1 is 1.17 bits per heavy atom. The molecule has 2 amide bonds. The van der Waals surface area contributed by atoms with E-state index < -0.39 is 9.84 Å². The van der Waals surface area contributed by atoms with Gasteiger partial charge in [0.05, 0.1) is 11.5 Å². The standard InChI is InChI=1S/C15H29N3O4S/c1-17(2)6-7-18(14-5-10-23(20,21)12-14)15(19)16-11-13-3-8-22-9-4-13/h13-14H,3-12H2,1-2H3,(H,16,19). The minimum atomic E-state index is -3.00. The van der Waals surface area contributed by atoms with Gasteiger partial charge in [0.25, 0.3) is 0 Å². The first-order valence-electron chi connectivity index (χ1n) is 8.35. The zero-order valence-electron chi connectivity index (χ0n) is 14.2. The third kappa shape index (κ3) is 5.93. The molecule has 2 aliphatic rings. The van der Waals surface area contributed by atoms with Crippen molar-refractivity contribution >= 4 is 15.9 Å². The van der Waals surface area contributed by atoms with Gasteiger partial charge in [-0.25, -0.2) is 13.2 Å². The van der Waals surface area contributed by atoms with Crippen molar-refractivity contribution in [3.05, 3.63) is 0 Å². The Hall–Kier alpha value is -0.860. The number of urea groups is 1. The van der Waals surface area contributed by atoms with Crippen molar-refractivity contribution in [2.24, 2.45) is 5.92 Å². The summed E-state index contributed by atoms with van der Waals surface area (Å²) in [6.07, 6.45) is 2.48. The Labute approximate surface area is 139 Å². The van der Waals surface area contributed by atoms with Crippen LogP contribution in [0.1, 0.15) is 19.3 Å². The number of nitrogens with zero attached hydrogens (tertiary/aromatic N) is 2. The summed E-state index contributed by atoms with van der Waals surface area (Å²) in [6.45, 7) is 3.42. The molecule has 0 aromatic heterocycles. The molecule has 0 saturated carbocycles. The van der Waals surface area contributed by atoms with Crippen LogP contribution in [0.5, 0.6) is 0 Å². The Balaban J connectivity index is 1.90. The van der Waals surface area contributed by atoms with Crippen LogP contribution in [-0.2, 0) is 14.6 Å². The molecule has 0 aromatic carbocycles. The molecule has 2 heterocycles. The number of hydrogen-bond donors (Lipinski definition) is 1. The summed E-state index contributed by atoms with van der Waals surface area (Å²) in [5.74, 6) is 0.727. The molecule has 0 bridgehead atoms. The number of amides is 2. The first kappa shape index (κ1) is 18.5. The van der Waals surface area contributed by atoms with Gasteiger partial charge < -0.3 is 19.9 Å². The second kappa shape index (κ2) is 8.30. The number of carbonyl (C=O) groups is 1. The summed E-state index contributed by atoms with van der Waals surface area (Å²) in [7, 11) is 0.896. The Bertz CT molecular complexity index is 489. The predicted molar refractivity (Wildman–Crippen MR) is 89.3 cm³/mol. The topological polar surface area (TPSA) is 79.0 Å². The van der Waals surface area contributed by atoms with E-state index in [4.69, 9.17) is 4.74 Å². The summed E-state index contributed by atoms with van der Waals surface area (Å²) >= 11 is 0. The molecule has 1 unspecified atom stereocenters. The number of sulfone groups is 1. The average Bonchev–Trinajstić information content (AvgIpc) is 2.86. The fourth-order valence-corrected chi connectivity index (χ4v) is 4.79. The molecule has 1 N–H and O–H groups in total. The smallest absolute Gasteiger partial charge is 0.317 e. The van der Waals surface area contributed by atoms with Gasteiger partial charge in [-0.3, -0.25) is 0 Å². The fraction of sp³-hybridized carbons (Fsp3) is 0.933. The van der Waals surface area contributed by atoms with E-state index in [1.54, 1.807) is 4.90 Å². The summed E-state index contributed by atoms with van der Waals surface area (Å²) in [6, 6.07) is -0.338. The number of rotatable bonds is 6. The quantitative estimate of drug-likeness (QED) is 0.741. The van der Waals surface area contributed by atoms with Crippen LogP contribution in [0, 0.1) is 5.92 Å². The molecular formula is C15H29N3O4S. The number of likely N-dealkylation sites (N-methyl/N-ethyl adjacent to an activating group) is 1. The highest BCUT2D eigenvalue weighted by atomic mass is 32.2. The lowest BCUT2D eigenvalue weighted by atomic mass is 10.0. The second-order valence-corrected chi connectivity index (χ2v) is 9.02. The summed E-state index contributed by atoms with van der Waals surface area (Å²) in [5.41, 5.74) is 0. The molecule has 2 rings (SSSR count). The normalized spacial score (nSPS) is 24.7. The van der Waals surface area contributed by atoms with Crippen LogP contribution in [0.4, 0.5) is 4.79 Å². The van der Waals surface area contributed by atoms with Gasteiger partial charge in [-0.1, -0.05) is 0 Å². The van der Waals surface area contributed by atoms with Crippen LogP contribution in [0.2, 0.25) is 0 Å². The average molecular weight is 347 g/mol. The van der Waals surface area contributed by atoms with Crippen LogP contribution < -0.4 is 5.32 Å². The third-order valence-electron chi connectivity index (χ3n) is 4.58.